The van der Waals surface area contributed by atoms with Gasteiger partial charge < -0.3 is 26.6 Å². The standard InChI is InChI=1S/C29H38ClN11O/c1-18(2)21-17-34-41-26(21)36-29(39-13-8-19(31)9-14-39)37-28(41)33-16-22-23(30)4-3-5-25(22)40-15-10-24(38-40)27(42)35-20-6-11-32-12-7-20/h3-5,10,15,17-20,32H,6-9,11-14,16,31H2,1-2H3,(H,35,42)(H,33,36,37). The molecule has 0 saturated carbocycles. The first-order chi connectivity index (χ1) is 20.4. The van der Waals surface area contributed by atoms with Gasteiger partial charge in [-0.1, -0.05) is 31.5 Å². The minimum atomic E-state index is -0.170. The maximum Gasteiger partial charge on any atom is 0.272 e. The van der Waals surface area contributed by atoms with Crippen LogP contribution in [0.3, 0.4) is 0 Å². The van der Waals surface area contributed by atoms with Gasteiger partial charge in [-0.25, -0.2) is 4.68 Å². The molecule has 0 radical (unpaired) electrons. The van der Waals surface area contributed by atoms with Crippen molar-refractivity contribution in [3.8, 4) is 5.69 Å². The van der Waals surface area contributed by atoms with Crippen LogP contribution < -0.4 is 26.6 Å². The fraction of sp³-hybridized carbons (Fsp3) is 0.483. The summed E-state index contributed by atoms with van der Waals surface area (Å²) in [6.45, 7) is 8.05. The Morgan fingerprint density at radius 1 is 1.14 bits per heavy atom. The second-order valence-corrected chi connectivity index (χ2v) is 11.8. The van der Waals surface area contributed by atoms with Crippen molar-refractivity contribution in [3.63, 3.8) is 0 Å². The maximum atomic E-state index is 12.9. The number of aromatic nitrogens is 6. The SMILES string of the molecule is CC(C)c1cnn2c(NCc3c(Cl)cccc3-n3ccc(C(=O)NC4CCNCC4)n3)nc(N3CCC(N)CC3)nc12. The topological polar surface area (TPSA) is 143 Å². The van der Waals surface area contributed by atoms with Crippen molar-refractivity contribution < 1.29 is 4.79 Å². The lowest BCUT2D eigenvalue weighted by atomic mass is 10.1. The predicted octanol–water partition coefficient (Wildman–Crippen LogP) is 3.11. The van der Waals surface area contributed by atoms with Gasteiger partial charge in [-0.05, 0) is 62.9 Å². The fourth-order valence-corrected chi connectivity index (χ4v) is 5.79. The number of rotatable bonds is 8. The molecule has 4 aromatic rings. The fourth-order valence-electron chi connectivity index (χ4n) is 5.56. The molecule has 2 saturated heterocycles. The second-order valence-electron chi connectivity index (χ2n) is 11.4. The Hall–Kier alpha value is -3.74. The number of fused-ring (bicyclic) bond motifs is 1. The number of benzene rings is 1. The molecular weight excluding hydrogens is 554 g/mol. The minimum Gasteiger partial charge on any atom is -0.350 e. The van der Waals surface area contributed by atoms with Crippen molar-refractivity contribution in [1.82, 2.24) is 40.0 Å². The highest BCUT2D eigenvalue weighted by molar-refractivity contribution is 6.31. The average molecular weight is 592 g/mol. The van der Waals surface area contributed by atoms with Gasteiger partial charge in [0.15, 0.2) is 11.3 Å². The molecule has 1 aromatic carbocycles. The molecule has 0 aliphatic carbocycles. The van der Waals surface area contributed by atoms with Gasteiger partial charge in [-0.15, -0.1) is 0 Å². The zero-order valence-corrected chi connectivity index (χ0v) is 24.8. The Morgan fingerprint density at radius 2 is 1.93 bits per heavy atom. The zero-order chi connectivity index (χ0) is 29.2. The minimum absolute atomic E-state index is 0.157. The maximum absolute atomic E-state index is 12.9. The van der Waals surface area contributed by atoms with E-state index in [2.05, 4.69) is 44.9 Å². The summed E-state index contributed by atoms with van der Waals surface area (Å²) in [5, 5.41) is 19.7. The molecule has 2 aliphatic rings. The number of amides is 1. The molecule has 2 aliphatic heterocycles. The monoisotopic (exact) mass is 591 g/mol. The summed E-state index contributed by atoms with van der Waals surface area (Å²) in [5.41, 5.74) is 9.95. The summed E-state index contributed by atoms with van der Waals surface area (Å²) >= 11 is 6.73. The third kappa shape index (κ3) is 5.92. The molecule has 13 heteroatoms. The van der Waals surface area contributed by atoms with Crippen molar-refractivity contribution in [2.24, 2.45) is 5.73 Å². The average Bonchev–Trinajstić information content (AvgIpc) is 3.65. The number of nitrogens with two attached hydrogens (primary N) is 1. The highest BCUT2D eigenvalue weighted by Gasteiger charge is 2.23. The van der Waals surface area contributed by atoms with Gasteiger partial charge >= 0.3 is 0 Å². The van der Waals surface area contributed by atoms with Crippen LogP contribution in [-0.2, 0) is 6.54 Å². The van der Waals surface area contributed by atoms with E-state index >= 15 is 0 Å². The molecule has 0 atom stereocenters. The lowest BCUT2D eigenvalue weighted by Gasteiger charge is -2.30. The molecule has 42 heavy (non-hydrogen) atoms. The summed E-state index contributed by atoms with van der Waals surface area (Å²) in [5.74, 6) is 1.32. The molecular formula is C29H38ClN11O. The van der Waals surface area contributed by atoms with Crippen LogP contribution in [0.4, 0.5) is 11.9 Å². The van der Waals surface area contributed by atoms with Crippen LogP contribution in [0.1, 0.15) is 67.1 Å². The number of anilines is 2. The summed E-state index contributed by atoms with van der Waals surface area (Å²) in [4.78, 5) is 24.9. The number of nitrogens with zero attached hydrogens (tertiary/aromatic N) is 7. The number of hydrogen-bond acceptors (Lipinski definition) is 9. The Balaban J connectivity index is 1.27. The third-order valence-electron chi connectivity index (χ3n) is 8.09. The number of halogens is 1. The van der Waals surface area contributed by atoms with Gasteiger partial charge in [0.25, 0.3) is 5.91 Å². The van der Waals surface area contributed by atoms with Crippen LogP contribution in [0.25, 0.3) is 11.3 Å². The van der Waals surface area contributed by atoms with Crippen LogP contribution in [-0.4, -0.2) is 73.5 Å². The van der Waals surface area contributed by atoms with E-state index in [9.17, 15) is 4.79 Å². The number of carbonyl (C=O) groups is 1. The molecule has 5 N–H and O–H groups in total. The van der Waals surface area contributed by atoms with Crippen LogP contribution in [0.2, 0.25) is 5.02 Å². The van der Waals surface area contributed by atoms with Crippen molar-refractivity contribution in [2.75, 3.05) is 36.4 Å². The summed E-state index contributed by atoms with van der Waals surface area (Å²) in [7, 11) is 0. The zero-order valence-electron chi connectivity index (χ0n) is 24.1. The summed E-state index contributed by atoms with van der Waals surface area (Å²) in [6.07, 6.45) is 7.27. The van der Waals surface area contributed by atoms with Crippen LogP contribution in [0.5, 0.6) is 0 Å². The highest BCUT2D eigenvalue weighted by Crippen LogP contribution is 2.27. The number of nitrogens with one attached hydrogen (secondary N) is 3. The van der Waals surface area contributed by atoms with Gasteiger partial charge in [0.05, 0.1) is 11.9 Å². The Kier molecular flexibility index (Phi) is 8.27. The molecule has 222 valence electrons. The molecule has 12 nitrogen and oxygen atoms in total. The Labute approximate surface area is 250 Å². The number of carbonyl (C=O) groups excluding carboxylic acids is 1. The smallest absolute Gasteiger partial charge is 0.272 e. The lowest BCUT2D eigenvalue weighted by molar-refractivity contribution is 0.0924. The van der Waals surface area contributed by atoms with Gasteiger partial charge in [-0.3, -0.25) is 4.79 Å². The Morgan fingerprint density at radius 3 is 2.69 bits per heavy atom. The summed E-state index contributed by atoms with van der Waals surface area (Å²) in [6, 6.07) is 7.76. The van der Waals surface area contributed by atoms with E-state index in [-0.39, 0.29) is 23.9 Å². The van der Waals surface area contributed by atoms with Gasteiger partial charge in [-0.2, -0.15) is 24.7 Å². The Bertz CT molecular complexity index is 1550. The van der Waals surface area contributed by atoms with Crippen molar-refractivity contribution in [2.45, 2.75) is 64.1 Å². The van der Waals surface area contributed by atoms with E-state index in [1.165, 1.54) is 0 Å². The number of hydrogen-bond donors (Lipinski definition) is 4. The van der Waals surface area contributed by atoms with Gasteiger partial charge in [0.1, 0.15) is 0 Å². The first-order valence-corrected chi connectivity index (χ1v) is 15.1. The van der Waals surface area contributed by atoms with Crippen molar-refractivity contribution in [3.05, 3.63) is 58.5 Å². The first-order valence-electron chi connectivity index (χ1n) is 14.7. The van der Waals surface area contributed by atoms with Crippen LogP contribution >= 0.6 is 11.6 Å². The van der Waals surface area contributed by atoms with Crippen LogP contribution in [0.15, 0.2) is 36.7 Å². The normalized spacial score (nSPS) is 16.8. The summed E-state index contributed by atoms with van der Waals surface area (Å²) < 4.78 is 3.45. The van der Waals surface area contributed by atoms with Gasteiger partial charge in [0, 0.05) is 54.1 Å². The van der Waals surface area contributed by atoms with E-state index in [1.54, 1.807) is 21.5 Å². The van der Waals surface area contributed by atoms with E-state index in [0.717, 1.165) is 74.3 Å². The molecule has 0 spiro atoms. The molecule has 2 fully saturated rings. The van der Waals surface area contributed by atoms with E-state index in [4.69, 9.17) is 27.3 Å². The van der Waals surface area contributed by atoms with E-state index in [0.29, 0.717) is 29.2 Å². The molecule has 3 aromatic heterocycles. The second kappa shape index (κ2) is 12.2. The molecule has 0 bridgehead atoms. The quantitative estimate of drug-likeness (QED) is 0.243. The van der Waals surface area contributed by atoms with Crippen molar-refractivity contribution in [1.29, 1.82) is 0 Å². The molecule has 1 amide bonds. The van der Waals surface area contributed by atoms with Crippen molar-refractivity contribution >= 4 is 35.1 Å². The molecule has 6 rings (SSSR count). The first kappa shape index (κ1) is 28.4. The molecule has 0 unspecified atom stereocenters. The van der Waals surface area contributed by atoms with E-state index < -0.39 is 0 Å². The lowest BCUT2D eigenvalue weighted by Crippen LogP contribution is -2.42. The number of piperidine rings is 2. The van der Waals surface area contributed by atoms with Gasteiger partial charge in [0.2, 0.25) is 11.9 Å². The van der Waals surface area contributed by atoms with E-state index in [1.807, 2.05) is 24.4 Å². The van der Waals surface area contributed by atoms with Crippen LogP contribution in [0, 0.1) is 0 Å². The third-order valence-corrected chi connectivity index (χ3v) is 8.44. The largest absolute Gasteiger partial charge is 0.350 e. The molecule has 5 heterocycles. The predicted molar refractivity (Wildman–Crippen MR) is 164 cm³/mol. The highest BCUT2D eigenvalue weighted by atomic mass is 35.5.